The molecule has 0 saturated heterocycles. The number of hydrogen-bond donors (Lipinski definition) is 1. The summed E-state index contributed by atoms with van der Waals surface area (Å²) in [5.74, 6) is 0.563. The van der Waals surface area contributed by atoms with E-state index in [0.717, 1.165) is 11.1 Å². The summed E-state index contributed by atoms with van der Waals surface area (Å²) in [6.07, 6.45) is 0. The van der Waals surface area contributed by atoms with Gasteiger partial charge < -0.3 is 9.72 Å². The summed E-state index contributed by atoms with van der Waals surface area (Å²) in [5, 5.41) is 0. The van der Waals surface area contributed by atoms with Crippen molar-refractivity contribution in [3.63, 3.8) is 0 Å². The van der Waals surface area contributed by atoms with Crippen LogP contribution in [-0.4, -0.2) is 17.1 Å². The van der Waals surface area contributed by atoms with E-state index in [9.17, 15) is 4.79 Å². The van der Waals surface area contributed by atoms with E-state index in [-0.39, 0.29) is 5.56 Å². The number of rotatable bonds is 3. The summed E-state index contributed by atoms with van der Waals surface area (Å²) in [5.41, 5.74) is 2.36. The molecule has 1 aromatic carbocycles. The van der Waals surface area contributed by atoms with Crippen molar-refractivity contribution in [3.05, 3.63) is 50.3 Å². The Balaban J connectivity index is 2.59. The minimum absolute atomic E-state index is 0.176. The fourth-order valence-corrected chi connectivity index (χ4v) is 1.92. The average Bonchev–Trinajstić information content (AvgIpc) is 2.36. The molecule has 0 amide bonds. The van der Waals surface area contributed by atoms with Gasteiger partial charge in [-0.3, -0.25) is 4.79 Å². The molecule has 0 radical (unpaired) electrons. The molecule has 0 aliphatic carbocycles. The smallest absolute Gasteiger partial charge is 0.265 e. The van der Waals surface area contributed by atoms with Crippen LogP contribution in [0.5, 0.6) is 0 Å². The third-order valence-electron chi connectivity index (χ3n) is 2.60. The van der Waals surface area contributed by atoms with Crippen LogP contribution in [0.4, 0.5) is 0 Å². The van der Waals surface area contributed by atoms with Gasteiger partial charge in [-0.05, 0) is 28.4 Å². The average molecular weight is 309 g/mol. The van der Waals surface area contributed by atoms with Gasteiger partial charge >= 0.3 is 0 Å². The summed E-state index contributed by atoms with van der Waals surface area (Å²) in [4.78, 5) is 18.9. The Morgan fingerprint density at radius 2 is 2.11 bits per heavy atom. The second-order valence-corrected chi connectivity index (χ2v) is 4.70. The summed E-state index contributed by atoms with van der Waals surface area (Å²) < 4.78 is 5.61. The van der Waals surface area contributed by atoms with Gasteiger partial charge in [-0.2, -0.15) is 0 Å². The normalized spacial score (nSPS) is 10.6. The number of ether oxygens (including phenoxy) is 1. The number of nitrogens with one attached hydrogen (secondary N) is 1. The van der Waals surface area contributed by atoms with Crippen molar-refractivity contribution in [2.45, 2.75) is 13.5 Å². The van der Waals surface area contributed by atoms with E-state index in [1.165, 1.54) is 0 Å². The molecule has 2 rings (SSSR count). The van der Waals surface area contributed by atoms with Gasteiger partial charge in [0.1, 0.15) is 10.3 Å². The Morgan fingerprint density at radius 3 is 2.78 bits per heavy atom. The summed E-state index contributed by atoms with van der Waals surface area (Å²) >= 11 is 3.20. The second kappa shape index (κ2) is 5.46. The van der Waals surface area contributed by atoms with Gasteiger partial charge in [0.2, 0.25) is 0 Å². The quantitative estimate of drug-likeness (QED) is 0.948. The molecular formula is C13H13BrN2O2. The van der Waals surface area contributed by atoms with Gasteiger partial charge in [0.15, 0.2) is 0 Å². The molecule has 0 bridgehead atoms. The summed E-state index contributed by atoms with van der Waals surface area (Å²) in [7, 11) is 1.64. The number of aryl methyl sites for hydroxylation is 1. The van der Waals surface area contributed by atoms with Crippen molar-refractivity contribution in [3.8, 4) is 11.4 Å². The fourth-order valence-electron chi connectivity index (χ4n) is 1.73. The molecule has 0 saturated carbocycles. The van der Waals surface area contributed by atoms with Gasteiger partial charge in [-0.25, -0.2) is 4.98 Å². The van der Waals surface area contributed by atoms with Crippen LogP contribution in [0.2, 0.25) is 0 Å². The SMILES string of the molecule is COCc1ccccc1-c1nc(C)c(Br)c(=O)[nH]1. The predicted molar refractivity (Wildman–Crippen MR) is 73.4 cm³/mol. The summed E-state index contributed by atoms with van der Waals surface area (Å²) in [6, 6.07) is 7.71. The monoisotopic (exact) mass is 308 g/mol. The van der Waals surface area contributed by atoms with E-state index in [1.54, 1.807) is 14.0 Å². The molecule has 0 aliphatic rings. The van der Waals surface area contributed by atoms with Gasteiger partial charge in [0.25, 0.3) is 5.56 Å². The highest BCUT2D eigenvalue weighted by molar-refractivity contribution is 9.10. The van der Waals surface area contributed by atoms with Crippen molar-refractivity contribution in [1.82, 2.24) is 9.97 Å². The van der Waals surface area contributed by atoms with Crippen LogP contribution in [0.3, 0.4) is 0 Å². The van der Waals surface area contributed by atoms with Crippen molar-refractivity contribution >= 4 is 15.9 Å². The number of H-pyrrole nitrogens is 1. The van der Waals surface area contributed by atoms with E-state index >= 15 is 0 Å². The third kappa shape index (κ3) is 2.52. The Bertz CT molecular complexity index is 623. The Morgan fingerprint density at radius 1 is 1.39 bits per heavy atom. The van der Waals surface area contributed by atoms with Crippen molar-refractivity contribution in [2.75, 3.05) is 7.11 Å². The number of halogens is 1. The standard InChI is InChI=1S/C13H13BrN2O2/c1-8-11(14)13(17)16-12(15-8)10-6-4-3-5-9(10)7-18-2/h3-6H,7H2,1-2H3,(H,15,16,17). The van der Waals surface area contributed by atoms with E-state index in [2.05, 4.69) is 25.9 Å². The molecule has 0 spiro atoms. The molecule has 1 N–H and O–H groups in total. The first-order valence-corrected chi connectivity index (χ1v) is 6.26. The Labute approximate surface area is 113 Å². The Hall–Kier alpha value is -1.46. The zero-order valence-corrected chi connectivity index (χ0v) is 11.7. The van der Waals surface area contributed by atoms with Crippen LogP contribution in [0.25, 0.3) is 11.4 Å². The maximum Gasteiger partial charge on any atom is 0.265 e. The number of methoxy groups -OCH3 is 1. The van der Waals surface area contributed by atoms with E-state index < -0.39 is 0 Å². The fraction of sp³-hybridized carbons (Fsp3) is 0.231. The molecule has 0 unspecified atom stereocenters. The molecule has 1 heterocycles. The molecule has 18 heavy (non-hydrogen) atoms. The minimum atomic E-state index is -0.176. The van der Waals surface area contributed by atoms with Gasteiger partial charge in [0, 0.05) is 12.7 Å². The number of nitrogens with zero attached hydrogens (tertiary/aromatic N) is 1. The van der Waals surface area contributed by atoms with E-state index in [1.807, 2.05) is 24.3 Å². The summed E-state index contributed by atoms with van der Waals surface area (Å²) in [6.45, 7) is 2.27. The molecule has 1 aromatic heterocycles. The maximum absolute atomic E-state index is 11.7. The largest absolute Gasteiger partial charge is 0.380 e. The molecule has 0 atom stereocenters. The lowest BCUT2D eigenvalue weighted by Crippen LogP contribution is -2.12. The van der Waals surface area contributed by atoms with Crippen LogP contribution < -0.4 is 5.56 Å². The highest BCUT2D eigenvalue weighted by Crippen LogP contribution is 2.21. The van der Waals surface area contributed by atoms with Crippen molar-refractivity contribution < 1.29 is 4.74 Å². The van der Waals surface area contributed by atoms with Crippen LogP contribution in [0, 0.1) is 6.92 Å². The number of hydrogen-bond acceptors (Lipinski definition) is 3. The molecule has 94 valence electrons. The van der Waals surface area contributed by atoms with E-state index in [4.69, 9.17) is 4.74 Å². The van der Waals surface area contributed by atoms with E-state index in [0.29, 0.717) is 22.6 Å². The third-order valence-corrected chi connectivity index (χ3v) is 3.53. The highest BCUT2D eigenvalue weighted by atomic mass is 79.9. The first-order chi connectivity index (χ1) is 8.63. The topological polar surface area (TPSA) is 55.0 Å². The zero-order valence-electron chi connectivity index (χ0n) is 10.2. The molecular weight excluding hydrogens is 296 g/mol. The number of aromatic amines is 1. The maximum atomic E-state index is 11.7. The lowest BCUT2D eigenvalue weighted by molar-refractivity contribution is 0.185. The highest BCUT2D eigenvalue weighted by Gasteiger charge is 2.10. The second-order valence-electron chi connectivity index (χ2n) is 3.90. The van der Waals surface area contributed by atoms with Crippen LogP contribution >= 0.6 is 15.9 Å². The van der Waals surface area contributed by atoms with Gasteiger partial charge in [-0.1, -0.05) is 24.3 Å². The lowest BCUT2D eigenvalue weighted by Gasteiger charge is -2.09. The number of aromatic nitrogens is 2. The predicted octanol–water partition coefficient (Wildman–Crippen LogP) is 2.65. The lowest BCUT2D eigenvalue weighted by atomic mass is 10.1. The van der Waals surface area contributed by atoms with Crippen LogP contribution in [-0.2, 0) is 11.3 Å². The van der Waals surface area contributed by atoms with Gasteiger partial charge in [0.05, 0.1) is 12.3 Å². The first kappa shape index (κ1) is 13.0. The molecule has 4 nitrogen and oxygen atoms in total. The number of benzene rings is 1. The van der Waals surface area contributed by atoms with Crippen molar-refractivity contribution in [1.29, 1.82) is 0 Å². The zero-order chi connectivity index (χ0) is 13.1. The molecule has 0 aliphatic heterocycles. The van der Waals surface area contributed by atoms with Crippen molar-refractivity contribution in [2.24, 2.45) is 0 Å². The van der Waals surface area contributed by atoms with Crippen LogP contribution in [0.15, 0.2) is 33.5 Å². The molecule has 2 aromatic rings. The van der Waals surface area contributed by atoms with Gasteiger partial charge in [-0.15, -0.1) is 0 Å². The minimum Gasteiger partial charge on any atom is -0.380 e. The van der Waals surface area contributed by atoms with Crippen LogP contribution in [0.1, 0.15) is 11.3 Å². The molecule has 5 heteroatoms. The first-order valence-electron chi connectivity index (χ1n) is 5.47. The molecule has 0 fully saturated rings. The Kier molecular flexibility index (Phi) is 3.93.